The van der Waals surface area contributed by atoms with Crippen LogP contribution in [0, 0.1) is 0 Å². The topological polar surface area (TPSA) is 123 Å². The molecule has 0 atom stereocenters. The van der Waals surface area contributed by atoms with Gasteiger partial charge in [-0.3, -0.25) is 9.59 Å². The molecule has 0 saturated heterocycles. The highest BCUT2D eigenvalue weighted by Gasteiger charge is 2.11. The third-order valence-electron chi connectivity index (χ3n) is 3.37. The van der Waals surface area contributed by atoms with Gasteiger partial charge in [0.15, 0.2) is 5.76 Å². The number of nitrogens with one attached hydrogen (secondary N) is 2. The monoisotopic (exact) mass is 381 g/mol. The van der Waals surface area contributed by atoms with E-state index < -0.39 is 17.8 Å². The van der Waals surface area contributed by atoms with E-state index in [0.29, 0.717) is 11.3 Å². The second-order valence-electron chi connectivity index (χ2n) is 5.39. The molecule has 0 saturated carbocycles. The molecule has 28 heavy (non-hydrogen) atoms. The zero-order valence-corrected chi connectivity index (χ0v) is 14.5. The maximum atomic E-state index is 11.8. The average molecular weight is 381 g/mol. The van der Waals surface area contributed by atoms with E-state index in [2.05, 4.69) is 15.8 Å². The van der Waals surface area contributed by atoms with Gasteiger partial charge in [-0.15, -0.1) is 0 Å². The van der Waals surface area contributed by atoms with Crippen LogP contribution in [0.4, 0.5) is 0 Å². The van der Waals surface area contributed by atoms with Crippen LogP contribution < -0.4 is 15.5 Å². The van der Waals surface area contributed by atoms with Crippen molar-refractivity contribution in [2.45, 2.75) is 0 Å². The van der Waals surface area contributed by atoms with Gasteiger partial charge in [0.1, 0.15) is 5.75 Å². The van der Waals surface area contributed by atoms with Gasteiger partial charge in [-0.05, 0) is 54.1 Å². The smallest absolute Gasteiger partial charge is 0.379 e. The van der Waals surface area contributed by atoms with Crippen LogP contribution >= 0.6 is 0 Å². The van der Waals surface area contributed by atoms with E-state index in [1.54, 1.807) is 36.4 Å². The van der Waals surface area contributed by atoms with Crippen molar-refractivity contribution in [1.29, 1.82) is 0 Å². The van der Waals surface area contributed by atoms with Gasteiger partial charge in [0.05, 0.1) is 25.3 Å². The molecule has 9 heteroatoms. The molecule has 0 aliphatic rings. The van der Waals surface area contributed by atoms with Crippen LogP contribution in [0.15, 0.2) is 75.0 Å². The second-order valence-corrected chi connectivity index (χ2v) is 5.39. The zero-order chi connectivity index (χ0) is 19.8. The molecule has 9 nitrogen and oxygen atoms in total. The third-order valence-corrected chi connectivity index (χ3v) is 3.37. The highest BCUT2D eigenvalue weighted by molar-refractivity contribution is 5.94. The fourth-order valence-corrected chi connectivity index (χ4v) is 2.05. The van der Waals surface area contributed by atoms with Gasteiger partial charge in [0.25, 0.3) is 11.8 Å². The number of hydrogen-bond acceptors (Lipinski definition) is 7. The Bertz CT molecular complexity index is 960. The molecular formula is C19H15N3O6. The first-order valence-corrected chi connectivity index (χ1v) is 8.11. The van der Waals surface area contributed by atoms with Gasteiger partial charge < -0.3 is 18.9 Å². The maximum Gasteiger partial charge on any atom is 0.379 e. The summed E-state index contributed by atoms with van der Waals surface area (Å²) in [6, 6.07) is 12.6. The fraction of sp³-hybridized carbons (Fsp3) is 0.0526. The number of furan rings is 2. The Labute approximate surface area is 159 Å². The Morgan fingerprint density at radius 2 is 1.64 bits per heavy atom. The molecule has 0 spiro atoms. The van der Waals surface area contributed by atoms with E-state index in [0.717, 1.165) is 0 Å². The lowest BCUT2D eigenvalue weighted by Crippen LogP contribution is -2.34. The largest absolute Gasteiger partial charge is 0.459 e. The summed E-state index contributed by atoms with van der Waals surface area (Å²) >= 11 is 0. The number of ether oxygens (including phenoxy) is 1. The van der Waals surface area contributed by atoms with Crippen molar-refractivity contribution in [3.63, 3.8) is 0 Å². The number of carbonyl (C=O) groups excluding carboxylic acids is 3. The van der Waals surface area contributed by atoms with E-state index >= 15 is 0 Å². The second kappa shape index (κ2) is 8.99. The first-order chi connectivity index (χ1) is 13.6. The number of hydrazone groups is 1. The van der Waals surface area contributed by atoms with Crippen molar-refractivity contribution in [3.8, 4) is 5.75 Å². The lowest BCUT2D eigenvalue weighted by Gasteiger charge is -2.03. The average Bonchev–Trinajstić information content (AvgIpc) is 3.41. The summed E-state index contributed by atoms with van der Waals surface area (Å²) in [5.41, 5.74) is 2.95. The van der Waals surface area contributed by atoms with E-state index in [1.165, 1.54) is 30.9 Å². The van der Waals surface area contributed by atoms with Crippen molar-refractivity contribution < 1.29 is 28.0 Å². The van der Waals surface area contributed by atoms with E-state index in [4.69, 9.17) is 13.6 Å². The highest BCUT2D eigenvalue weighted by Crippen LogP contribution is 2.13. The molecule has 0 unspecified atom stereocenters. The first kappa shape index (κ1) is 18.6. The summed E-state index contributed by atoms with van der Waals surface area (Å²) < 4.78 is 15.0. The summed E-state index contributed by atoms with van der Waals surface area (Å²) in [6.07, 6.45) is 4.15. The molecule has 0 aliphatic heterocycles. The number of rotatable bonds is 7. The molecular weight excluding hydrogens is 366 g/mol. The van der Waals surface area contributed by atoms with Crippen molar-refractivity contribution in [3.05, 3.63) is 78.1 Å². The molecule has 1 aromatic carbocycles. The summed E-state index contributed by atoms with van der Waals surface area (Å²) in [5, 5.41) is 6.19. The van der Waals surface area contributed by atoms with E-state index in [9.17, 15) is 14.4 Å². The van der Waals surface area contributed by atoms with E-state index in [1.807, 2.05) is 0 Å². The van der Waals surface area contributed by atoms with Gasteiger partial charge in [-0.25, -0.2) is 10.2 Å². The van der Waals surface area contributed by atoms with Crippen LogP contribution in [0.1, 0.15) is 26.7 Å². The van der Waals surface area contributed by atoms with Crippen molar-refractivity contribution >= 4 is 24.0 Å². The Morgan fingerprint density at radius 1 is 0.964 bits per heavy atom. The van der Waals surface area contributed by atoms with Crippen LogP contribution in [0.2, 0.25) is 0 Å². The molecule has 0 radical (unpaired) electrons. The Hall–Kier alpha value is -4.14. The van der Waals surface area contributed by atoms with Crippen LogP contribution in [0.5, 0.6) is 5.75 Å². The van der Waals surface area contributed by atoms with Gasteiger partial charge in [0.2, 0.25) is 5.76 Å². The minimum Gasteiger partial charge on any atom is -0.459 e. The minimum absolute atomic E-state index is 0.104. The SMILES string of the molecule is O=C(CNC(=O)c1ccco1)N/N=C/c1ccc(OC(=O)c2ccco2)cc1. The summed E-state index contributed by atoms with van der Waals surface area (Å²) in [5.74, 6) is -1.04. The molecule has 2 amide bonds. The first-order valence-electron chi connectivity index (χ1n) is 8.11. The molecule has 0 aliphatic carbocycles. The molecule has 3 aromatic rings. The Morgan fingerprint density at radius 3 is 2.29 bits per heavy atom. The summed E-state index contributed by atoms with van der Waals surface area (Å²) in [6.45, 7) is -0.251. The highest BCUT2D eigenvalue weighted by atomic mass is 16.5. The van der Waals surface area contributed by atoms with Crippen molar-refractivity contribution in [1.82, 2.24) is 10.7 Å². The molecule has 142 valence electrons. The van der Waals surface area contributed by atoms with Crippen LogP contribution in [0.25, 0.3) is 0 Å². The third kappa shape index (κ3) is 5.18. The maximum absolute atomic E-state index is 11.8. The zero-order valence-electron chi connectivity index (χ0n) is 14.5. The number of hydrogen-bond donors (Lipinski definition) is 2. The number of esters is 1. The number of benzene rings is 1. The van der Waals surface area contributed by atoms with Gasteiger partial charge in [0, 0.05) is 0 Å². The minimum atomic E-state index is -0.602. The predicted molar refractivity (Wildman–Crippen MR) is 96.9 cm³/mol. The molecule has 3 rings (SSSR count). The molecule has 2 heterocycles. The Balaban J connectivity index is 1.43. The number of carbonyl (C=O) groups is 3. The number of amides is 2. The van der Waals surface area contributed by atoms with Gasteiger partial charge in [-0.2, -0.15) is 5.10 Å². The van der Waals surface area contributed by atoms with Gasteiger partial charge in [-0.1, -0.05) is 0 Å². The normalized spacial score (nSPS) is 10.6. The molecule has 2 N–H and O–H groups in total. The van der Waals surface area contributed by atoms with Crippen molar-refractivity contribution in [2.75, 3.05) is 6.54 Å². The fourth-order valence-electron chi connectivity index (χ4n) is 2.05. The standard InChI is InChI=1S/C19H15N3O6/c23-17(12-20-18(24)15-3-1-9-26-15)22-21-11-13-5-7-14(8-6-13)28-19(25)16-4-2-10-27-16/h1-11H,12H2,(H,20,24)(H,22,23)/b21-11+. The number of nitrogens with zero attached hydrogens (tertiary/aromatic N) is 1. The van der Waals surface area contributed by atoms with E-state index in [-0.39, 0.29) is 18.1 Å². The van der Waals surface area contributed by atoms with Gasteiger partial charge >= 0.3 is 5.97 Å². The summed E-state index contributed by atoms with van der Waals surface area (Å²) in [7, 11) is 0. The lowest BCUT2D eigenvalue weighted by molar-refractivity contribution is -0.120. The van der Waals surface area contributed by atoms with Crippen molar-refractivity contribution in [2.24, 2.45) is 5.10 Å². The summed E-state index contributed by atoms with van der Waals surface area (Å²) in [4.78, 5) is 35.0. The van der Waals surface area contributed by atoms with Crippen LogP contribution in [-0.4, -0.2) is 30.5 Å². The molecule has 0 fully saturated rings. The predicted octanol–water partition coefficient (Wildman–Crippen LogP) is 1.97. The molecule has 0 bridgehead atoms. The van der Waals surface area contributed by atoms with Crippen LogP contribution in [0.3, 0.4) is 0 Å². The molecule has 2 aromatic heterocycles. The quantitative estimate of drug-likeness (QED) is 0.279. The Kier molecular flexibility index (Phi) is 5.99. The lowest BCUT2D eigenvalue weighted by atomic mass is 10.2. The van der Waals surface area contributed by atoms with Crippen LogP contribution in [-0.2, 0) is 4.79 Å².